The second-order valence-corrected chi connectivity index (χ2v) is 10.2. The number of hydrogen-bond donors (Lipinski definition) is 0. The van der Waals surface area contributed by atoms with Crippen LogP contribution in [-0.4, -0.2) is 49.6 Å². The molecule has 0 bridgehead atoms. The molecule has 2 aromatic heterocycles. The highest BCUT2D eigenvalue weighted by atomic mass is 32.2. The van der Waals surface area contributed by atoms with Crippen molar-refractivity contribution in [2.45, 2.75) is 43.4 Å². The Hall–Kier alpha value is -3.11. The number of amides is 1. The maximum absolute atomic E-state index is 13.3. The number of sulfone groups is 1. The molecule has 182 valence electrons. The number of carbonyl (C=O) groups excluding carboxylic acids is 1. The quantitative estimate of drug-likeness (QED) is 0.387. The fourth-order valence-corrected chi connectivity index (χ4v) is 5.33. The molecule has 10 heteroatoms. The van der Waals surface area contributed by atoms with E-state index in [1.807, 2.05) is 6.07 Å². The fraction of sp³-hybridized carbons (Fsp3) is 0.417. The maximum atomic E-state index is 13.3. The Labute approximate surface area is 199 Å². The second-order valence-electron chi connectivity index (χ2n) is 8.34. The van der Waals surface area contributed by atoms with Crippen molar-refractivity contribution in [2.24, 2.45) is 5.92 Å². The van der Waals surface area contributed by atoms with E-state index in [4.69, 9.17) is 13.9 Å². The van der Waals surface area contributed by atoms with Gasteiger partial charge in [-0.15, -0.1) is 0 Å². The van der Waals surface area contributed by atoms with Crippen molar-refractivity contribution < 1.29 is 27.1 Å². The first-order chi connectivity index (χ1) is 16.4. The standard InChI is InChI=1S/C24H29N3O6S/c1-31-12-10-27-20(15-26(23(28)19-8-9-19)16-22-7-4-11-33-22)14-25-24(27)34(29,30)17-18-5-3-6-21(13-18)32-2/h3-7,11,13-14,19H,8-10,12,15-17H2,1-2H3. The third kappa shape index (κ3) is 5.68. The molecule has 3 aromatic rings. The molecule has 4 rings (SSSR count). The lowest BCUT2D eigenvalue weighted by Crippen LogP contribution is -2.32. The molecule has 0 atom stereocenters. The SMILES string of the molecule is COCCn1c(CN(Cc2ccco2)C(=O)C2CC2)cnc1S(=O)(=O)Cc1cccc(OC)c1. The fourth-order valence-electron chi connectivity index (χ4n) is 3.82. The Morgan fingerprint density at radius 1 is 1.21 bits per heavy atom. The van der Waals surface area contributed by atoms with Crippen LogP contribution in [0.25, 0.3) is 0 Å². The van der Waals surface area contributed by atoms with Gasteiger partial charge in [0.1, 0.15) is 11.5 Å². The summed E-state index contributed by atoms with van der Waals surface area (Å²) in [7, 11) is -0.677. The van der Waals surface area contributed by atoms with Gasteiger partial charge in [-0.05, 0) is 42.7 Å². The van der Waals surface area contributed by atoms with E-state index in [9.17, 15) is 13.2 Å². The van der Waals surface area contributed by atoms with Gasteiger partial charge in [-0.1, -0.05) is 12.1 Å². The van der Waals surface area contributed by atoms with Crippen LogP contribution >= 0.6 is 0 Å². The normalized spacial score (nSPS) is 13.7. The van der Waals surface area contributed by atoms with Crippen LogP contribution in [0.5, 0.6) is 5.75 Å². The number of rotatable bonds is 12. The van der Waals surface area contributed by atoms with Crippen molar-refractivity contribution in [3.05, 3.63) is 65.9 Å². The molecule has 0 N–H and O–H groups in total. The van der Waals surface area contributed by atoms with Crippen LogP contribution < -0.4 is 4.74 Å². The van der Waals surface area contributed by atoms with Gasteiger partial charge < -0.3 is 23.4 Å². The first-order valence-corrected chi connectivity index (χ1v) is 12.8. The molecular weight excluding hydrogens is 458 g/mol. The van der Waals surface area contributed by atoms with Crippen molar-refractivity contribution in [3.8, 4) is 5.75 Å². The number of furan rings is 1. The summed E-state index contributed by atoms with van der Waals surface area (Å²) in [5.41, 5.74) is 1.23. The first kappa shape index (κ1) is 24.0. The predicted molar refractivity (Wildman–Crippen MR) is 124 cm³/mol. The van der Waals surface area contributed by atoms with E-state index in [1.165, 1.54) is 13.3 Å². The Bertz CT molecular complexity index is 1220. The molecule has 1 aliphatic carbocycles. The molecule has 0 spiro atoms. The Morgan fingerprint density at radius 2 is 2.03 bits per heavy atom. The molecule has 1 fully saturated rings. The van der Waals surface area contributed by atoms with E-state index in [2.05, 4.69) is 4.98 Å². The van der Waals surface area contributed by atoms with Crippen molar-refractivity contribution in [1.29, 1.82) is 0 Å². The first-order valence-electron chi connectivity index (χ1n) is 11.1. The molecular formula is C24H29N3O6S. The summed E-state index contributed by atoms with van der Waals surface area (Å²) in [5.74, 6) is 1.09. The van der Waals surface area contributed by atoms with Crippen molar-refractivity contribution >= 4 is 15.7 Å². The van der Waals surface area contributed by atoms with Gasteiger partial charge in [0.05, 0.1) is 50.7 Å². The molecule has 0 unspecified atom stereocenters. The summed E-state index contributed by atoms with van der Waals surface area (Å²) >= 11 is 0. The van der Waals surface area contributed by atoms with Crippen LogP contribution in [0.4, 0.5) is 0 Å². The van der Waals surface area contributed by atoms with Gasteiger partial charge in [0.15, 0.2) is 0 Å². The summed E-state index contributed by atoms with van der Waals surface area (Å²) in [4.78, 5) is 18.9. The number of imidazole rings is 1. The van der Waals surface area contributed by atoms with Gasteiger partial charge in [0.2, 0.25) is 20.9 Å². The van der Waals surface area contributed by atoms with Crippen LogP contribution in [0.3, 0.4) is 0 Å². The topological polar surface area (TPSA) is 104 Å². The lowest BCUT2D eigenvalue weighted by Gasteiger charge is -2.23. The van der Waals surface area contributed by atoms with E-state index in [1.54, 1.807) is 53.2 Å². The molecule has 0 aliphatic heterocycles. The monoisotopic (exact) mass is 487 g/mol. The van der Waals surface area contributed by atoms with E-state index in [-0.39, 0.29) is 29.3 Å². The lowest BCUT2D eigenvalue weighted by molar-refractivity contribution is -0.134. The highest BCUT2D eigenvalue weighted by Crippen LogP contribution is 2.32. The smallest absolute Gasteiger partial charge is 0.228 e. The summed E-state index contributed by atoms with van der Waals surface area (Å²) < 4.78 is 44.2. The third-order valence-corrected chi connectivity index (χ3v) is 7.30. The summed E-state index contributed by atoms with van der Waals surface area (Å²) in [6, 6.07) is 10.5. The zero-order valence-corrected chi connectivity index (χ0v) is 20.2. The molecule has 1 aliphatic rings. The van der Waals surface area contributed by atoms with Crippen molar-refractivity contribution in [1.82, 2.24) is 14.5 Å². The Balaban J connectivity index is 1.62. The van der Waals surface area contributed by atoms with Gasteiger partial charge in [-0.2, -0.15) is 0 Å². The van der Waals surface area contributed by atoms with Crippen molar-refractivity contribution in [2.75, 3.05) is 20.8 Å². The minimum Gasteiger partial charge on any atom is -0.497 e. The molecule has 34 heavy (non-hydrogen) atoms. The van der Waals surface area contributed by atoms with Gasteiger partial charge >= 0.3 is 0 Å². The number of nitrogens with zero attached hydrogens (tertiary/aromatic N) is 3. The third-order valence-electron chi connectivity index (χ3n) is 5.71. The maximum Gasteiger partial charge on any atom is 0.228 e. The molecule has 9 nitrogen and oxygen atoms in total. The highest BCUT2D eigenvalue weighted by Gasteiger charge is 2.34. The number of aromatic nitrogens is 2. The van der Waals surface area contributed by atoms with Crippen LogP contribution in [0.2, 0.25) is 0 Å². The minimum atomic E-state index is -3.77. The minimum absolute atomic E-state index is 0.0153. The van der Waals surface area contributed by atoms with E-state index >= 15 is 0 Å². The Morgan fingerprint density at radius 3 is 2.71 bits per heavy atom. The summed E-state index contributed by atoms with van der Waals surface area (Å²) in [5, 5.41) is -0.0424. The average Bonchev–Trinajstić information content (AvgIpc) is 3.39. The van der Waals surface area contributed by atoms with Gasteiger partial charge in [0.25, 0.3) is 0 Å². The van der Waals surface area contributed by atoms with Crippen LogP contribution in [0.1, 0.15) is 29.9 Å². The van der Waals surface area contributed by atoms with Crippen molar-refractivity contribution in [3.63, 3.8) is 0 Å². The average molecular weight is 488 g/mol. The molecule has 1 aromatic carbocycles. The molecule has 1 saturated carbocycles. The molecule has 0 radical (unpaired) electrons. The van der Waals surface area contributed by atoms with Gasteiger partial charge in [0, 0.05) is 19.6 Å². The highest BCUT2D eigenvalue weighted by molar-refractivity contribution is 7.90. The van der Waals surface area contributed by atoms with E-state index < -0.39 is 9.84 Å². The van der Waals surface area contributed by atoms with Gasteiger partial charge in [-0.3, -0.25) is 4.79 Å². The number of hydrogen-bond acceptors (Lipinski definition) is 7. The van der Waals surface area contributed by atoms with Crippen LogP contribution in [0.15, 0.2) is 58.4 Å². The summed E-state index contributed by atoms with van der Waals surface area (Å²) in [6.45, 7) is 1.13. The second kappa shape index (κ2) is 10.4. The Kier molecular flexibility index (Phi) is 7.38. The van der Waals surface area contributed by atoms with E-state index in [0.717, 1.165) is 12.8 Å². The zero-order chi connectivity index (χ0) is 24.1. The number of methoxy groups -OCH3 is 2. The van der Waals surface area contributed by atoms with Crippen LogP contribution in [-0.2, 0) is 44.8 Å². The van der Waals surface area contributed by atoms with E-state index in [0.29, 0.717) is 42.5 Å². The number of carbonyl (C=O) groups is 1. The predicted octanol–water partition coefficient (Wildman–Crippen LogP) is 3.04. The largest absolute Gasteiger partial charge is 0.497 e. The summed E-state index contributed by atoms with van der Waals surface area (Å²) in [6.07, 6.45) is 4.85. The molecule has 1 amide bonds. The van der Waals surface area contributed by atoms with Crippen LogP contribution in [0, 0.1) is 5.92 Å². The number of ether oxygens (including phenoxy) is 2. The molecule has 2 heterocycles. The number of benzene rings is 1. The molecule has 0 saturated heterocycles. The van der Waals surface area contributed by atoms with Gasteiger partial charge in [-0.25, -0.2) is 13.4 Å². The lowest BCUT2D eigenvalue weighted by atomic mass is 10.2. The zero-order valence-electron chi connectivity index (χ0n) is 19.3.